The molecule has 6 aromatic rings. The molecule has 3 heterocycles. The SMILES string of the molecule is [2H]C([2H])([2H])c1ccc2c(n1)oc1c(-c3[c-]cccc3)[c-]ccc12.[Ir+3].[c-]1ccccc1-c1ccccn1. The number of pyridine rings is 2. The van der Waals surface area contributed by atoms with E-state index >= 15 is 0 Å². The minimum atomic E-state index is -2.25. The standard InChI is InChI=1S/C18H11NO.C11H8N.Ir/c1-12-10-11-16-15-9-5-8-14(13-6-3-2-4-7-13)17(15)20-18(16)19-12;1-2-6-10(7-3-1)11-8-4-5-9-12-11;/h2-6,9-11H,1H3;1-6,8-9H;/q-2;-1;+3/i1D3;;. The van der Waals surface area contributed by atoms with Gasteiger partial charge in [0.1, 0.15) is 0 Å². The number of rotatable bonds is 2. The van der Waals surface area contributed by atoms with E-state index < -0.39 is 6.85 Å². The largest absolute Gasteiger partial charge is 3.00 e. The van der Waals surface area contributed by atoms with E-state index in [1.165, 1.54) is 6.07 Å². The number of aromatic nitrogens is 2. The molecule has 160 valence electrons. The molecule has 0 amide bonds. The van der Waals surface area contributed by atoms with E-state index in [0.29, 0.717) is 11.3 Å². The molecule has 4 heteroatoms. The molecule has 0 aliphatic heterocycles. The molecule has 0 aliphatic rings. The maximum Gasteiger partial charge on any atom is 3.00 e. The number of hydrogen-bond donors (Lipinski definition) is 0. The predicted molar refractivity (Wildman–Crippen MR) is 128 cm³/mol. The Labute approximate surface area is 210 Å². The molecule has 0 fully saturated rings. The molecule has 33 heavy (non-hydrogen) atoms. The van der Waals surface area contributed by atoms with Gasteiger partial charge in [0, 0.05) is 27.0 Å². The molecular weight excluding hydrogens is 585 g/mol. The molecule has 0 unspecified atom stereocenters. The van der Waals surface area contributed by atoms with E-state index in [9.17, 15) is 0 Å². The van der Waals surface area contributed by atoms with Crippen molar-refractivity contribution in [3.63, 3.8) is 0 Å². The minimum Gasteiger partial charge on any atom is -0.496 e. The average molecular weight is 607 g/mol. The van der Waals surface area contributed by atoms with E-state index in [0.717, 1.165) is 33.2 Å². The van der Waals surface area contributed by atoms with Crippen molar-refractivity contribution in [1.29, 1.82) is 0 Å². The first-order chi connectivity index (χ1) is 17.0. The molecule has 0 atom stereocenters. The molecule has 0 saturated heterocycles. The first-order valence-electron chi connectivity index (χ1n) is 11.6. The van der Waals surface area contributed by atoms with Gasteiger partial charge in [-0.2, -0.15) is 42.0 Å². The van der Waals surface area contributed by atoms with Crippen LogP contribution in [0.15, 0.2) is 102 Å². The Morgan fingerprint density at radius 2 is 1.55 bits per heavy atom. The van der Waals surface area contributed by atoms with E-state index in [-0.39, 0.29) is 25.8 Å². The van der Waals surface area contributed by atoms with Crippen molar-refractivity contribution in [2.24, 2.45) is 0 Å². The maximum atomic E-state index is 7.48. The maximum absolute atomic E-state index is 7.48. The summed E-state index contributed by atoms with van der Waals surface area (Å²) in [4.78, 5) is 8.38. The molecule has 0 N–H and O–H groups in total. The summed E-state index contributed by atoms with van der Waals surface area (Å²) >= 11 is 0. The van der Waals surface area contributed by atoms with Crippen molar-refractivity contribution in [3.8, 4) is 22.4 Å². The average Bonchev–Trinajstić information content (AvgIpc) is 3.28. The second-order valence-electron chi connectivity index (χ2n) is 7.01. The minimum absolute atomic E-state index is 0. The normalized spacial score (nSPS) is 12.1. The summed E-state index contributed by atoms with van der Waals surface area (Å²) in [6.45, 7) is -2.25. The van der Waals surface area contributed by atoms with E-state index in [2.05, 4.69) is 28.2 Å². The Morgan fingerprint density at radius 1 is 0.758 bits per heavy atom. The van der Waals surface area contributed by atoms with E-state index in [4.69, 9.17) is 8.53 Å². The summed E-state index contributed by atoms with van der Waals surface area (Å²) in [6, 6.07) is 37.7. The molecule has 0 bridgehead atoms. The Bertz CT molecular complexity index is 1530. The molecule has 0 radical (unpaired) electrons. The number of hydrogen-bond acceptors (Lipinski definition) is 3. The fourth-order valence-electron chi connectivity index (χ4n) is 3.45. The summed E-state index contributed by atoms with van der Waals surface area (Å²) in [5.74, 6) is 0. The van der Waals surface area contributed by atoms with Crippen molar-refractivity contribution in [2.45, 2.75) is 6.85 Å². The van der Waals surface area contributed by atoms with Crippen molar-refractivity contribution < 1.29 is 28.6 Å². The monoisotopic (exact) mass is 607 g/mol. The van der Waals surface area contributed by atoms with Gasteiger partial charge in [-0.3, -0.25) is 0 Å². The van der Waals surface area contributed by atoms with Crippen LogP contribution in [0.4, 0.5) is 0 Å². The fourth-order valence-corrected chi connectivity index (χ4v) is 3.45. The van der Waals surface area contributed by atoms with Crippen molar-refractivity contribution in [2.75, 3.05) is 0 Å². The van der Waals surface area contributed by atoms with Gasteiger partial charge < -0.3 is 9.40 Å². The van der Waals surface area contributed by atoms with Crippen LogP contribution in [0.2, 0.25) is 0 Å². The van der Waals surface area contributed by atoms with Gasteiger partial charge in [-0.25, -0.2) is 10.5 Å². The zero-order valence-corrected chi connectivity index (χ0v) is 19.8. The number of benzene rings is 3. The van der Waals surface area contributed by atoms with Gasteiger partial charge in [0.25, 0.3) is 0 Å². The number of furan rings is 1. The van der Waals surface area contributed by atoms with Gasteiger partial charge in [0.05, 0.1) is 0 Å². The topological polar surface area (TPSA) is 38.9 Å². The van der Waals surface area contributed by atoms with Gasteiger partial charge in [-0.05, 0) is 30.7 Å². The molecule has 3 aromatic carbocycles. The van der Waals surface area contributed by atoms with Crippen molar-refractivity contribution in [1.82, 2.24) is 9.97 Å². The molecule has 6 rings (SSSR count). The van der Waals surface area contributed by atoms with Crippen LogP contribution < -0.4 is 0 Å². The molecule has 0 aliphatic carbocycles. The Kier molecular flexibility index (Phi) is 5.94. The van der Waals surface area contributed by atoms with Crippen molar-refractivity contribution >= 4 is 22.1 Å². The number of aryl methyl sites for hydroxylation is 1. The second kappa shape index (κ2) is 10.4. The number of nitrogens with zero attached hydrogens (tertiary/aromatic N) is 2. The molecule has 3 aromatic heterocycles. The van der Waals surface area contributed by atoms with Gasteiger partial charge in [0.2, 0.25) is 5.71 Å². The Balaban J connectivity index is 0.000000198. The van der Waals surface area contributed by atoms with Crippen LogP contribution in [0.5, 0.6) is 0 Å². The van der Waals surface area contributed by atoms with Crippen LogP contribution >= 0.6 is 0 Å². The van der Waals surface area contributed by atoms with E-state index in [1.54, 1.807) is 12.3 Å². The zero-order valence-electron chi connectivity index (χ0n) is 20.4. The zero-order chi connectivity index (χ0) is 24.3. The first kappa shape index (κ1) is 18.9. The molecule has 0 saturated carbocycles. The van der Waals surface area contributed by atoms with Crippen LogP contribution in [0.25, 0.3) is 44.5 Å². The fraction of sp³-hybridized carbons (Fsp3) is 0.0345. The third-order valence-electron chi connectivity index (χ3n) is 4.93. The predicted octanol–water partition coefficient (Wildman–Crippen LogP) is 7.10. The molecule has 0 spiro atoms. The second-order valence-corrected chi connectivity index (χ2v) is 7.01. The van der Waals surface area contributed by atoms with Gasteiger partial charge >= 0.3 is 20.1 Å². The first-order valence-corrected chi connectivity index (χ1v) is 10.1. The van der Waals surface area contributed by atoms with Crippen LogP contribution in [-0.2, 0) is 20.1 Å². The van der Waals surface area contributed by atoms with Gasteiger partial charge in [-0.15, -0.1) is 48.0 Å². The molecular formula is C29H19IrN2O. The summed E-state index contributed by atoms with van der Waals surface area (Å²) in [5.41, 5.74) is 4.66. The Hall–Kier alpha value is -3.59. The third-order valence-corrected chi connectivity index (χ3v) is 4.93. The number of fused-ring (bicyclic) bond motifs is 3. The van der Waals surface area contributed by atoms with Crippen LogP contribution in [-0.4, -0.2) is 9.97 Å². The van der Waals surface area contributed by atoms with E-state index in [1.807, 2.05) is 78.9 Å². The molecule has 3 nitrogen and oxygen atoms in total. The van der Waals surface area contributed by atoms with Gasteiger partial charge in [-0.1, -0.05) is 17.5 Å². The smallest absolute Gasteiger partial charge is 0.496 e. The van der Waals surface area contributed by atoms with Gasteiger partial charge in [0.15, 0.2) is 0 Å². The summed E-state index contributed by atoms with van der Waals surface area (Å²) < 4.78 is 28.3. The van der Waals surface area contributed by atoms with Crippen molar-refractivity contribution in [3.05, 3.63) is 121 Å². The third kappa shape index (κ3) is 4.93. The quantitative estimate of drug-likeness (QED) is 0.197. The van der Waals surface area contributed by atoms with Crippen LogP contribution in [0.3, 0.4) is 0 Å². The van der Waals surface area contributed by atoms with Crippen LogP contribution in [0.1, 0.15) is 9.81 Å². The Morgan fingerprint density at radius 3 is 2.24 bits per heavy atom. The summed E-state index contributed by atoms with van der Waals surface area (Å²) in [6.07, 6.45) is 1.79. The van der Waals surface area contributed by atoms with Crippen LogP contribution in [0, 0.1) is 25.1 Å². The summed E-state index contributed by atoms with van der Waals surface area (Å²) in [7, 11) is 0. The summed E-state index contributed by atoms with van der Waals surface area (Å²) in [5, 5.41) is 1.68.